The second-order valence-electron chi connectivity index (χ2n) is 6.12. The lowest BCUT2D eigenvalue weighted by Gasteiger charge is -2.38. The molecule has 0 saturated carbocycles. The standard InChI is InChI=1S/C17H23ClN2O4/c18-14-2-1-3-15(10-14)23-13-17(12-19-4-7-24-17)11-16(21)20-5-8-22-9-6-20/h1-3,10,19H,4-9,11-13H2. The number of hydrogen-bond acceptors (Lipinski definition) is 5. The number of rotatable bonds is 5. The molecule has 0 aliphatic carbocycles. The second-order valence-corrected chi connectivity index (χ2v) is 6.56. The molecule has 0 bridgehead atoms. The van der Waals surface area contributed by atoms with Crippen molar-refractivity contribution < 1.29 is 19.0 Å². The van der Waals surface area contributed by atoms with Crippen LogP contribution in [0, 0.1) is 0 Å². The molecule has 1 amide bonds. The summed E-state index contributed by atoms with van der Waals surface area (Å²) in [5.74, 6) is 0.756. The number of halogens is 1. The molecule has 3 rings (SSSR count). The zero-order valence-corrected chi connectivity index (χ0v) is 14.4. The fourth-order valence-electron chi connectivity index (χ4n) is 2.94. The molecule has 7 heteroatoms. The molecular formula is C17H23ClN2O4. The van der Waals surface area contributed by atoms with Crippen molar-refractivity contribution in [3.8, 4) is 5.75 Å². The smallest absolute Gasteiger partial charge is 0.225 e. The van der Waals surface area contributed by atoms with Gasteiger partial charge in [-0.15, -0.1) is 0 Å². The molecular weight excluding hydrogens is 332 g/mol. The van der Waals surface area contributed by atoms with E-state index < -0.39 is 5.60 Å². The normalized spacial score (nSPS) is 24.6. The number of nitrogens with one attached hydrogen (secondary N) is 1. The third kappa shape index (κ3) is 4.60. The Labute approximate surface area is 147 Å². The lowest BCUT2D eigenvalue weighted by molar-refractivity contribution is -0.149. The van der Waals surface area contributed by atoms with Gasteiger partial charge in [0.25, 0.3) is 0 Å². The minimum Gasteiger partial charge on any atom is -0.490 e. The topological polar surface area (TPSA) is 60.0 Å². The van der Waals surface area contributed by atoms with E-state index in [1.54, 1.807) is 12.1 Å². The minimum absolute atomic E-state index is 0.0803. The molecule has 24 heavy (non-hydrogen) atoms. The van der Waals surface area contributed by atoms with Crippen molar-refractivity contribution in [2.45, 2.75) is 12.0 Å². The molecule has 2 fully saturated rings. The van der Waals surface area contributed by atoms with Crippen LogP contribution >= 0.6 is 11.6 Å². The van der Waals surface area contributed by atoms with E-state index in [2.05, 4.69) is 5.32 Å². The van der Waals surface area contributed by atoms with Gasteiger partial charge in [0, 0.05) is 31.2 Å². The summed E-state index contributed by atoms with van der Waals surface area (Å²) in [5.41, 5.74) is -0.657. The van der Waals surface area contributed by atoms with Crippen LogP contribution in [0.1, 0.15) is 6.42 Å². The molecule has 132 valence electrons. The van der Waals surface area contributed by atoms with Gasteiger partial charge in [-0.05, 0) is 18.2 Å². The number of nitrogens with zero attached hydrogens (tertiary/aromatic N) is 1. The Kier molecular flexibility index (Phi) is 5.94. The number of carbonyl (C=O) groups is 1. The highest BCUT2D eigenvalue weighted by Crippen LogP contribution is 2.24. The van der Waals surface area contributed by atoms with E-state index in [9.17, 15) is 4.79 Å². The number of morpholine rings is 2. The molecule has 1 N–H and O–H groups in total. The van der Waals surface area contributed by atoms with Gasteiger partial charge in [-0.3, -0.25) is 4.79 Å². The van der Waals surface area contributed by atoms with E-state index in [1.165, 1.54) is 0 Å². The molecule has 2 heterocycles. The van der Waals surface area contributed by atoms with Crippen LogP contribution in [0.3, 0.4) is 0 Å². The number of hydrogen-bond donors (Lipinski definition) is 1. The van der Waals surface area contributed by atoms with Gasteiger partial charge in [-0.25, -0.2) is 0 Å². The Bertz CT molecular complexity index is 557. The summed E-state index contributed by atoms with van der Waals surface area (Å²) in [5, 5.41) is 3.92. The summed E-state index contributed by atoms with van der Waals surface area (Å²) < 4.78 is 17.2. The van der Waals surface area contributed by atoms with Crippen molar-refractivity contribution in [2.24, 2.45) is 0 Å². The molecule has 0 radical (unpaired) electrons. The summed E-state index contributed by atoms with van der Waals surface area (Å²) in [6.07, 6.45) is 0.292. The molecule has 0 spiro atoms. The van der Waals surface area contributed by atoms with E-state index in [1.807, 2.05) is 17.0 Å². The van der Waals surface area contributed by atoms with Crippen LogP contribution < -0.4 is 10.1 Å². The van der Waals surface area contributed by atoms with Gasteiger partial charge in [-0.1, -0.05) is 17.7 Å². The first kappa shape index (κ1) is 17.5. The highest BCUT2D eigenvalue weighted by Gasteiger charge is 2.38. The van der Waals surface area contributed by atoms with Crippen LogP contribution in [0.2, 0.25) is 5.02 Å². The summed E-state index contributed by atoms with van der Waals surface area (Å²) in [4.78, 5) is 14.5. The first-order valence-corrected chi connectivity index (χ1v) is 8.63. The first-order valence-electron chi connectivity index (χ1n) is 8.25. The molecule has 1 aromatic rings. The van der Waals surface area contributed by atoms with E-state index in [0.717, 1.165) is 6.54 Å². The number of carbonyl (C=O) groups excluding carboxylic acids is 1. The molecule has 2 aliphatic rings. The Hall–Kier alpha value is -1.34. The highest BCUT2D eigenvalue weighted by atomic mass is 35.5. The van der Waals surface area contributed by atoms with E-state index in [4.69, 9.17) is 25.8 Å². The monoisotopic (exact) mass is 354 g/mol. The summed E-state index contributed by atoms with van der Waals surface area (Å²) in [6.45, 7) is 4.70. The fraction of sp³-hybridized carbons (Fsp3) is 0.588. The first-order chi connectivity index (χ1) is 11.7. The molecule has 6 nitrogen and oxygen atoms in total. The average molecular weight is 355 g/mol. The average Bonchev–Trinajstić information content (AvgIpc) is 2.62. The Balaban J connectivity index is 1.64. The lowest BCUT2D eigenvalue weighted by atomic mass is 9.98. The van der Waals surface area contributed by atoms with Crippen molar-refractivity contribution in [2.75, 3.05) is 52.6 Å². The second kappa shape index (κ2) is 8.16. The van der Waals surface area contributed by atoms with Crippen LogP contribution in [0.5, 0.6) is 5.75 Å². The van der Waals surface area contributed by atoms with Crippen LogP contribution in [-0.4, -0.2) is 69.0 Å². The van der Waals surface area contributed by atoms with Gasteiger partial charge in [0.1, 0.15) is 18.0 Å². The van der Waals surface area contributed by atoms with Crippen molar-refractivity contribution >= 4 is 17.5 Å². The minimum atomic E-state index is -0.657. The number of amides is 1. The molecule has 2 saturated heterocycles. The largest absolute Gasteiger partial charge is 0.490 e. The van der Waals surface area contributed by atoms with E-state index in [-0.39, 0.29) is 5.91 Å². The molecule has 1 aromatic carbocycles. The zero-order valence-electron chi connectivity index (χ0n) is 13.6. The van der Waals surface area contributed by atoms with Gasteiger partial charge in [0.15, 0.2) is 0 Å². The number of ether oxygens (including phenoxy) is 3. The lowest BCUT2D eigenvalue weighted by Crippen LogP contribution is -2.56. The maximum absolute atomic E-state index is 12.6. The summed E-state index contributed by atoms with van der Waals surface area (Å²) in [6, 6.07) is 7.24. The maximum atomic E-state index is 12.6. The number of benzene rings is 1. The van der Waals surface area contributed by atoms with Gasteiger partial charge in [0.2, 0.25) is 5.91 Å². The van der Waals surface area contributed by atoms with Gasteiger partial charge in [0.05, 0.1) is 26.2 Å². The third-order valence-corrected chi connectivity index (χ3v) is 4.50. The summed E-state index contributed by atoms with van der Waals surface area (Å²) in [7, 11) is 0. The predicted octanol–water partition coefficient (Wildman–Crippen LogP) is 1.33. The van der Waals surface area contributed by atoms with Crippen LogP contribution in [-0.2, 0) is 14.3 Å². The predicted molar refractivity (Wildman–Crippen MR) is 90.5 cm³/mol. The fourth-order valence-corrected chi connectivity index (χ4v) is 3.12. The van der Waals surface area contributed by atoms with Crippen molar-refractivity contribution in [3.63, 3.8) is 0 Å². The Morgan fingerprint density at radius 1 is 1.33 bits per heavy atom. The highest BCUT2D eigenvalue weighted by molar-refractivity contribution is 6.30. The summed E-state index contributed by atoms with van der Waals surface area (Å²) >= 11 is 5.99. The van der Waals surface area contributed by atoms with Crippen LogP contribution in [0.4, 0.5) is 0 Å². The van der Waals surface area contributed by atoms with Crippen LogP contribution in [0.25, 0.3) is 0 Å². The zero-order chi connectivity index (χ0) is 16.8. The quantitative estimate of drug-likeness (QED) is 0.864. The van der Waals surface area contributed by atoms with Gasteiger partial charge < -0.3 is 24.4 Å². The maximum Gasteiger partial charge on any atom is 0.225 e. The van der Waals surface area contributed by atoms with Crippen LogP contribution in [0.15, 0.2) is 24.3 Å². The van der Waals surface area contributed by atoms with Gasteiger partial charge in [-0.2, -0.15) is 0 Å². The Morgan fingerprint density at radius 2 is 2.17 bits per heavy atom. The van der Waals surface area contributed by atoms with Crippen molar-refractivity contribution in [1.29, 1.82) is 0 Å². The third-order valence-electron chi connectivity index (χ3n) is 4.27. The molecule has 1 unspecified atom stereocenters. The van der Waals surface area contributed by atoms with E-state index in [0.29, 0.717) is 63.3 Å². The molecule has 0 aromatic heterocycles. The van der Waals surface area contributed by atoms with Crippen molar-refractivity contribution in [1.82, 2.24) is 10.2 Å². The van der Waals surface area contributed by atoms with E-state index >= 15 is 0 Å². The SMILES string of the molecule is O=C(CC1(COc2cccc(Cl)c2)CNCCO1)N1CCOCC1. The molecule has 1 atom stereocenters. The Morgan fingerprint density at radius 3 is 2.88 bits per heavy atom. The van der Waals surface area contributed by atoms with Crippen molar-refractivity contribution in [3.05, 3.63) is 29.3 Å². The molecule has 2 aliphatic heterocycles. The van der Waals surface area contributed by atoms with Gasteiger partial charge >= 0.3 is 0 Å².